The predicted octanol–water partition coefficient (Wildman–Crippen LogP) is 33.8. The average Bonchev–Trinajstić information content (AvgIpc) is 1.52. The normalized spacial score (nSPS) is 13.7. The smallest absolute Gasteiger partial charge is 0.114 e. The highest BCUT2D eigenvalue weighted by molar-refractivity contribution is 7.29. The monoisotopic (exact) mass is 1490 g/mol. The fraction of sp³-hybridized carbons (Fsp3) is 0.726. The van der Waals surface area contributed by atoms with Crippen molar-refractivity contribution in [1.29, 1.82) is 0 Å². The van der Waals surface area contributed by atoms with Gasteiger partial charge in [-0.1, -0.05) is 393 Å². The molecule has 2 aliphatic carbocycles. The zero-order chi connectivity index (χ0) is 72.5. The minimum atomic E-state index is -0.145. The maximum absolute atomic E-state index is 5.57. The van der Waals surface area contributed by atoms with Crippen molar-refractivity contribution in [3.8, 4) is 32.7 Å². The van der Waals surface area contributed by atoms with E-state index < -0.39 is 0 Å². The van der Waals surface area contributed by atoms with Crippen LogP contribution in [0.3, 0.4) is 0 Å². The molecule has 0 unspecified atom stereocenters. The lowest BCUT2D eigenvalue weighted by atomic mass is 9.68. The number of hydrogen-bond acceptors (Lipinski definition) is 8. The molecule has 5 heterocycles. The van der Waals surface area contributed by atoms with Crippen LogP contribution in [0.2, 0.25) is 0 Å². The van der Waals surface area contributed by atoms with Gasteiger partial charge in [0, 0.05) is 44.3 Å². The van der Waals surface area contributed by atoms with Crippen molar-refractivity contribution in [3.63, 3.8) is 0 Å². The molecule has 104 heavy (non-hydrogen) atoms. The fourth-order valence-electron chi connectivity index (χ4n) is 19.4. The third-order valence-corrected chi connectivity index (χ3v) is 29.0. The van der Waals surface area contributed by atoms with E-state index in [0.29, 0.717) is 0 Å². The number of aryl methyl sites for hydroxylation is 3. The molecule has 0 aliphatic heterocycles. The van der Waals surface area contributed by atoms with Crippen LogP contribution in [0.1, 0.15) is 446 Å². The van der Waals surface area contributed by atoms with Crippen molar-refractivity contribution >= 4 is 88.6 Å². The molecule has 0 spiro atoms. The van der Waals surface area contributed by atoms with Crippen molar-refractivity contribution < 1.29 is 0 Å². The van der Waals surface area contributed by atoms with Gasteiger partial charge in [0.1, 0.15) is 22.1 Å². The molecule has 0 fully saturated rings. The van der Waals surface area contributed by atoms with Crippen LogP contribution in [0.25, 0.3) is 75.2 Å². The van der Waals surface area contributed by atoms with Gasteiger partial charge < -0.3 is 4.57 Å². The Bertz CT molecular complexity index is 3650. The van der Waals surface area contributed by atoms with Crippen molar-refractivity contribution in [1.82, 2.24) is 22.1 Å². The number of nitrogens with zero attached hydrogens (tertiary/aromatic N) is 5. The quantitative estimate of drug-likeness (QED) is 0.0357. The van der Waals surface area contributed by atoms with Crippen LogP contribution in [0.4, 0.5) is 0 Å². The summed E-state index contributed by atoms with van der Waals surface area (Å²) in [6, 6.07) is 16.1. The van der Waals surface area contributed by atoms with Crippen LogP contribution < -0.4 is 0 Å². The van der Waals surface area contributed by atoms with E-state index in [1.165, 1.54) is 478 Å². The van der Waals surface area contributed by atoms with Gasteiger partial charge in [0.05, 0.1) is 43.9 Å². The van der Waals surface area contributed by atoms with Gasteiger partial charge in [-0.15, -0.1) is 22.7 Å². The van der Waals surface area contributed by atoms with Gasteiger partial charge in [-0.3, -0.25) is 0 Å². The number of benzene rings is 3. The third kappa shape index (κ3) is 22.4. The first-order valence-electron chi connectivity index (χ1n) is 45.0. The van der Waals surface area contributed by atoms with Crippen LogP contribution in [0, 0.1) is 13.8 Å². The van der Waals surface area contributed by atoms with Crippen molar-refractivity contribution in [2.24, 2.45) is 7.05 Å². The largest absolute Gasteiger partial charge is 0.342 e. The van der Waals surface area contributed by atoms with E-state index >= 15 is 0 Å². The first-order chi connectivity index (χ1) is 51.3. The second-order valence-corrected chi connectivity index (χ2v) is 37.2. The van der Waals surface area contributed by atoms with E-state index in [4.69, 9.17) is 17.5 Å². The highest BCUT2D eigenvalue weighted by atomic mass is 32.1. The van der Waals surface area contributed by atoms with E-state index in [-0.39, 0.29) is 10.8 Å². The second-order valence-electron chi connectivity index (χ2n) is 33.8. The summed E-state index contributed by atoms with van der Waals surface area (Å²) in [4.78, 5) is 2.74. The van der Waals surface area contributed by atoms with Gasteiger partial charge >= 0.3 is 0 Å². The number of thiophene rings is 2. The zero-order valence-electron chi connectivity index (χ0n) is 67.8. The zero-order valence-corrected chi connectivity index (χ0v) is 71.0. The summed E-state index contributed by atoms with van der Waals surface area (Å²) in [6.45, 7) is 14.0. The second kappa shape index (κ2) is 45.6. The summed E-state index contributed by atoms with van der Waals surface area (Å²) in [5.41, 5.74) is 21.9. The van der Waals surface area contributed by atoms with Crippen LogP contribution in [-0.4, -0.2) is 22.1 Å². The lowest BCUT2D eigenvalue weighted by Crippen LogP contribution is -2.27. The maximum Gasteiger partial charge on any atom is 0.114 e. The molecular weight excluding hydrogens is 1340 g/mol. The Labute approximate surface area is 652 Å². The van der Waals surface area contributed by atoms with Crippen molar-refractivity contribution in [2.75, 3.05) is 0 Å². The Morgan fingerprint density at radius 2 is 0.548 bits per heavy atom. The van der Waals surface area contributed by atoms with Gasteiger partial charge in [-0.25, -0.2) is 0 Å². The fourth-order valence-corrected chi connectivity index (χ4v) is 23.0. The summed E-state index contributed by atoms with van der Waals surface area (Å²) in [6.07, 6.45) is 82.5. The predicted molar refractivity (Wildman–Crippen MR) is 465 cm³/mol. The molecule has 0 radical (unpaired) electrons. The highest BCUT2D eigenvalue weighted by Gasteiger charge is 2.50. The molecule has 0 saturated heterocycles. The van der Waals surface area contributed by atoms with E-state index in [0.717, 1.165) is 16.6 Å². The molecule has 3 aromatic carbocycles. The molecule has 0 saturated carbocycles. The molecule has 2 aliphatic rings. The van der Waals surface area contributed by atoms with Crippen LogP contribution in [0.5, 0.6) is 0 Å². The van der Waals surface area contributed by atoms with E-state index in [1.54, 1.807) is 22.3 Å². The Kier molecular flexibility index (Phi) is 36.4. The highest BCUT2D eigenvalue weighted by Crippen LogP contribution is 2.64. The van der Waals surface area contributed by atoms with Crippen molar-refractivity contribution in [3.05, 3.63) is 69.1 Å². The molecule has 5 nitrogen and oxygen atoms in total. The molecule has 0 N–H and O–H groups in total. The number of rotatable bonds is 61. The minimum absolute atomic E-state index is 0.0901. The number of unbranched alkanes of at least 4 members (excludes halogenated alkanes) is 52. The van der Waals surface area contributed by atoms with E-state index in [9.17, 15) is 0 Å². The van der Waals surface area contributed by atoms with Gasteiger partial charge in [-0.05, 0) is 109 Å². The first-order valence-corrected chi connectivity index (χ1v) is 48.1. The lowest BCUT2D eigenvalue weighted by Gasteiger charge is -2.35. The first kappa shape index (κ1) is 83.0. The summed E-state index contributed by atoms with van der Waals surface area (Å²) >= 11 is 6.87. The molecular formula is C95H147N5S4. The SMILES string of the molecule is CCCCCCCCCCCCCCCCC1(CCCCCCCCCCCCCCCC)c2cc3c(cc2-c2c1cc(C)c1nsnc21)C(CCCCCCCCCCCCCCCC)(CCCCCCCCCCCCCCCC)c1cc(-c2cc4c(s2)c2sc(C)cc2n4C)c2nsnc2c1-3. The van der Waals surface area contributed by atoms with E-state index in [1.807, 2.05) is 22.7 Å². The standard InChI is InChI=1S/C95H147N5S4/c1-8-12-16-20-24-28-32-36-40-44-48-52-56-60-64-94(65-61-57-53-49-45-41-37-33-29-25-21-17-13-9-2)79-71-77-80(70-76(79)86-81(94)68-74(5)88-90(86)98-103-96-88)95(66-62-58-54-50-46-42-38-34-30-26-22-18-14-10-3,67-63-59-55-51-47-43-39-35-31-27-23-19-15-11-4)82-72-78(89-91(87(77)82)99-104-97-89)85-73-84-93(102-85)92-83(100(84)7)69-75(6)101-92/h68-73H,8-67H2,1-7H3. The summed E-state index contributed by atoms with van der Waals surface area (Å²) in [5.74, 6) is 0. The number of hydrogen-bond donors (Lipinski definition) is 0. The van der Waals surface area contributed by atoms with Crippen LogP contribution >= 0.6 is 46.1 Å². The minimum Gasteiger partial charge on any atom is -0.342 e. The number of aromatic nitrogens is 5. The number of fused-ring (bicyclic) bond motifs is 13. The Morgan fingerprint density at radius 1 is 0.279 bits per heavy atom. The summed E-state index contributed by atoms with van der Waals surface area (Å²) in [5, 5.41) is 0. The Morgan fingerprint density at radius 3 is 0.894 bits per heavy atom. The van der Waals surface area contributed by atoms with Gasteiger partial charge in [0.2, 0.25) is 0 Å². The molecule has 0 bridgehead atoms. The van der Waals surface area contributed by atoms with Gasteiger partial charge in [0.25, 0.3) is 0 Å². The molecule has 0 amide bonds. The molecule has 576 valence electrons. The Balaban J connectivity index is 0.983. The molecule has 9 heteroatoms. The average molecular weight is 1490 g/mol. The molecule has 10 rings (SSSR count). The molecule has 0 atom stereocenters. The van der Waals surface area contributed by atoms with Crippen LogP contribution in [-0.2, 0) is 17.9 Å². The lowest BCUT2D eigenvalue weighted by molar-refractivity contribution is 0.393. The topological polar surface area (TPSA) is 56.5 Å². The maximum atomic E-state index is 5.57. The summed E-state index contributed by atoms with van der Waals surface area (Å²) < 4.78 is 26.9. The molecule has 5 aromatic heterocycles. The molecule has 8 aromatic rings. The third-order valence-electron chi connectivity index (χ3n) is 25.6. The van der Waals surface area contributed by atoms with Gasteiger partial charge in [0.15, 0.2) is 0 Å². The van der Waals surface area contributed by atoms with E-state index in [2.05, 4.69) is 89.6 Å². The summed E-state index contributed by atoms with van der Waals surface area (Å²) in [7, 11) is 2.29. The van der Waals surface area contributed by atoms with Crippen molar-refractivity contribution in [2.45, 2.75) is 438 Å². The van der Waals surface area contributed by atoms with Gasteiger partial charge in [-0.2, -0.15) is 17.5 Å². The van der Waals surface area contributed by atoms with Crippen LogP contribution in [0.15, 0.2) is 36.4 Å². The Hall–Kier alpha value is -3.50.